The largest absolute Gasteiger partial charge is 0.370 e. The van der Waals surface area contributed by atoms with Crippen molar-refractivity contribution in [3.63, 3.8) is 0 Å². The molecule has 28 heavy (non-hydrogen) atoms. The molecule has 4 N–H and O–H groups in total. The highest BCUT2D eigenvalue weighted by molar-refractivity contribution is 7.89. The molecule has 0 aliphatic rings. The monoisotopic (exact) mass is 397 g/mol. The number of aromatic nitrogens is 2. The zero-order valence-electron chi connectivity index (χ0n) is 15.6. The second-order valence-corrected chi connectivity index (χ2v) is 7.97. The molecule has 8 heteroatoms. The number of nitrogens with two attached hydrogens (primary N) is 1. The molecule has 7 nitrogen and oxygen atoms in total. The molecular weight excluding hydrogens is 374 g/mol. The molecular formula is C20H23N5O2S. The summed E-state index contributed by atoms with van der Waals surface area (Å²) in [5.74, 6) is 1.29. The van der Waals surface area contributed by atoms with Gasteiger partial charge < -0.3 is 10.6 Å². The second kappa shape index (κ2) is 8.81. The molecule has 0 bridgehead atoms. The second-order valence-electron chi connectivity index (χ2n) is 6.41. The SMILES string of the molecule is Cc1ccccc1CNc1nccc(NCCc2ccc(S(N)(=O)=O)cc2)n1. The van der Waals surface area contributed by atoms with E-state index in [0.29, 0.717) is 19.0 Å². The number of hydrogen-bond donors (Lipinski definition) is 3. The van der Waals surface area contributed by atoms with E-state index in [9.17, 15) is 8.42 Å². The van der Waals surface area contributed by atoms with E-state index < -0.39 is 10.0 Å². The molecule has 0 unspecified atom stereocenters. The number of rotatable bonds is 8. The number of benzene rings is 2. The average molecular weight is 398 g/mol. The smallest absolute Gasteiger partial charge is 0.238 e. The standard InChI is InChI=1S/C20H23N5O2S/c1-15-4-2-3-5-17(15)14-24-20-23-13-11-19(25-20)22-12-10-16-6-8-18(9-7-16)28(21,26)27/h2-9,11,13H,10,12,14H2,1H3,(H2,21,26,27)(H2,22,23,24,25). The van der Waals surface area contributed by atoms with E-state index in [1.807, 2.05) is 18.2 Å². The summed E-state index contributed by atoms with van der Waals surface area (Å²) < 4.78 is 22.6. The van der Waals surface area contributed by atoms with Crippen LogP contribution < -0.4 is 15.8 Å². The summed E-state index contributed by atoms with van der Waals surface area (Å²) in [5.41, 5.74) is 3.43. The molecule has 1 aromatic heterocycles. The number of nitrogens with zero attached hydrogens (tertiary/aromatic N) is 2. The molecule has 0 spiro atoms. The van der Waals surface area contributed by atoms with E-state index in [2.05, 4.69) is 39.7 Å². The van der Waals surface area contributed by atoms with Gasteiger partial charge in [0, 0.05) is 19.3 Å². The summed E-state index contributed by atoms with van der Waals surface area (Å²) in [6.07, 6.45) is 2.43. The van der Waals surface area contributed by atoms with Crippen molar-refractivity contribution in [3.05, 3.63) is 77.5 Å². The van der Waals surface area contributed by atoms with Gasteiger partial charge in [0.1, 0.15) is 5.82 Å². The molecule has 0 aliphatic carbocycles. The lowest BCUT2D eigenvalue weighted by Crippen LogP contribution is -2.12. The lowest BCUT2D eigenvalue weighted by Gasteiger charge is -2.10. The summed E-state index contributed by atoms with van der Waals surface area (Å²) in [5, 5.41) is 11.6. The van der Waals surface area contributed by atoms with Gasteiger partial charge in [-0.1, -0.05) is 36.4 Å². The Balaban J connectivity index is 1.52. The third kappa shape index (κ3) is 5.51. The van der Waals surface area contributed by atoms with Crippen LogP contribution in [0.15, 0.2) is 65.7 Å². The predicted octanol–water partition coefficient (Wildman–Crippen LogP) is 2.70. The highest BCUT2D eigenvalue weighted by Crippen LogP contribution is 2.12. The molecule has 1 heterocycles. The van der Waals surface area contributed by atoms with Gasteiger partial charge in [-0.3, -0.25) is 0 Å². The van der Waals surface area contributed by atoms with Crippen molar-refractivity contribution in [2.24, 2.45) is 5.14 Å². The van der Waals surface area contributed by atoms with Gasteiger partial charge in [-0.15, -0.1) is 0 Å². The Bertz CT molecular complexity index is 1040. The Morgan fingerprint density at radius 1 is 1.00 bits per heavy atom. The first-order valence-electron chi connectivity index (χ1n) is 8.89. The van der Waals surface area contributed by atoms with Gasteiger partial charge in [0.15, 0.2) is 0 Å². The van der Waals surface area contributed by atoms with Gasteiger partial charge in [-0.25, -0.2) is 18.5 Å². The Kier molecular flexibility index (Phi) is 6.23. The van der Waals surface area contributed by atoms with Crippen LogP contribution in [0.4, 0.5) is 11.8 Å². The predicted molar refractivity (Wildman–Crippen MR) is 111 cm³/mol. The van der Waals surface area contributed by atoms with Crippen molar-refractivity contribution in [1.29, 1.82) is 0 Å². The highest BCUT2D eigenvalue weighted by Gasteiger charge is 2.06. The normalized spacial score (nSPS) is 11.2. The van der Waals surface area contributed by atoms with Crippen molar-refractivity contribution in [1.82, 2.24) is 9.97 Å². The van der Waals surface area contributed by atoms with Crippen LogP contribution in [-0.2, 0) is 23.0 Å². The van der Waals surface area contributed by atoms with Crippen LogP contribution >= 0.6 is 0 Å². The summed E-state index contributed by atoms with van der Waals surface area (Å²) in [4.78, 5) is 8.83. The van der Waals surface area contributed by atoms with E-state index in [1.54, 1.807) is 18.3 Å². The van der Waals surface area contributed by atoms with Crippen molar-refractivity contribution in [2.75, 3.05) is 17.2 Å². The van der Waals surface area contributed by atoms with E-state index >= 15 is 0 Å². The van der Waals surface area contributed by atoms with Crippen LogP contribution in [0.5, 0.6) is 0 Å². The van der Waals surface area contributed by atoms with Crippen molar-refractivity contribution < 1.29 is 8.42 Å². The van der Waals surface area contributed by atoms with Gasteiger partial charge >= 0.3 is 0 Å². The molecule has 146 valence electrons. The minimum Gasteiger partial charge on any atom is -0.370 e. The van der Waals surface area contributed by atoms with E-state index in [4.69, 9.17) is 5.14 Å². The van der Waals surface area contributed by atoms with Gasteiger partial charge in [0.2, 0.25) is 16.0 Å². The third-order valence-corrected chi connectivity index (χ3v) is 5.25. The maximum absolute atomic E-state index is 11.3. The van der Waals surface area contributed by atoms with Gasteiger partial charge in [0.05, 0.1) is 4.90 Å². The summed E-state index contributed by atoms with van der Waals surface area (Å²) in [7, 11) is -3.66. The minimum absolute atomic E-state index is 0.115. The number of anilines is 2. The van der Waals surface area contributed by atoms with E-state index in [0.717, 1.165) is 17.8 Å². The molecule has 0 amide bonds. The van der Waals surface area contributed by atoms with Crippen LogP contribution in [-0.4, -0.2) is 24.9 Å². The fraction of sp³-hybridized carbons (Fsp3) is 0.200. The Morgan fingerprint density at radius 3 is 2.46 bits per heavy atom. The van der Waals surface area contributed by atoms with Crippen molar-refractivity contribution >= 4 is 21.8 Å². The minimum atomic E-state index is -3.66. The Morgan fingerprint density at radius 2 is 1.75 bits per heavy atom. The van der Waals surface area contributed by atoms with Gasteiger partial charge in [0.25, 0.3) is 0 Å². The van der Waals surface area contributed by atoms with Crippen LogP contribution in [0.3, 0.4) is 0 Å². The first-order chi connectivity index (χ1) is 13.4. The zero-order chi connectivity index (χ0) is 20.0. The molecule has 3 aromatic rings. The van der Waals surface area contributed by atoms with Crippen LogP contribution in [0.1, 0.15) is 16.7 Å². The van der Waals surface area contributed by atoms with Crippen molar-refractivity contribution in [2.45, 2.75) is 24.8 Å². The maximum Gasteiger partial charge on any atom is 0.238 e. The van der Waals surface area contributed by atoms with Crippen molar-refractivity contribution in [3.8, 4) is 0 Å². The zero-order valence-corrected chi connectivity index (χ0v) is 16.4. The number of primary sulfonamides is 1. The average Bonchev–Trinajstić information content (AvgIpc) is 2.67. The number of aryl methyl sites for hydroxylation is 1. The van der Waals surface area contributed by atoms with Crippen LogP contribution in [0, 0.1) is 6.92 Å². The molecule has 0 saturated carbocycles. The summed E-state index contributed by atoms with van der Waals surface area (Å²) >= 11 is 0. The Hall–Kier alpha value is -2.97. The van der Waals surface area contributed by atoms with Crippen LogP contribution in [0.2, 0.25) is 0 Å². The van der Waals surface area contributed by atoms with Gasteiger partial charge in [-0.2, -0.15) is 4.98 Å². The summed E-state index contributed by atoms with van der Waals surface area (Å²) in [6, 6.07) is 16.5. The first-order valence-corrected chi connectivity index (χ1v) is 10.4. The first kappa shape index (κ1) is 19.8. The summed E-state index contributed by atoms with van der Waals surface area (Å²) in [6.45, 7) is 3.39. The van der Waals surface area contributed by atoms with Gasteiger partial charge in [-0.05, 0) is 48.2 Å². The Labute approximate surface area is 165 Å². The molecule has 0 aliphatic heterocycles. The fourth-order valence-electron chi connectivity index (χ4n) is 2.71. The lowest BCUT2D eigenvalue weighted by atomic mass is 10.1. The lowest BCUT2D eigenvalue weighted by molar-refractivity contribution is 0.598. The quantitative estimate of drug-likeness (QED) is 0.539. The highest BCUT2D eigenvalue weighted by atomic mass is 32.2. The molecule has 0 atom stereocenters. The molecule has 0 radical (unpaired) electrons. The molecule has 0 saturated heterocycles. The van der Waals surface area contributed by atoms with E-state index in [1.165, 1.54) is 23.3 Å². The maximum atomic E-state index is 11.3. The van der Waals surface area contributed by atoms with Crippen LogP contribution in [0.25, 0.3) is 0 Å². The molecule has 2 aromatic carbocycles. The molecule has 0 fully saturated rings. The topological polar surface area (TPSA) is 110 Å². The number of nitrogens with one attached hydrogen (secondary N) is 2. The molecule has 3 rings (SSSR count). The van der Waals surface area contributed by atoms with E-state index in [-0.39, 0.29) is 4.90 Å². The number of hydrogen-bond acceptors (Lipinski definition) is 6. The number of sulfonamides is 1. The fourth-order valence-corrected chi connectivity index (χ4v) is 3.22. The third-order valence-electron chi connectivity index (χ3n) is 4.33.